The van der Waals surface area contributed by atoms with Crippen LogP contribution in [0.2, 0.25) is 0 Å². The molecule has 1 unspecified atom stereocenters. The van der Waals surface area contributed by atoms with Gasteiger partial charge in [0.15, 0.2) is 0 Å². The Balaban J connectivity index is 0. The summed E-state index contributed by atoms with van der Waals surface area (Å²) in [7, 11) is 0. The molecule has 1 heteroatoms. The first-order chi connectivity index (χ1) is 4.31. The SMILES string of the molecule is C=CCCCC(C)CC.N. The molecular formula is C9H21N. The molecule has 0 saturated carbocycles. The van der Waals surface area contributed by atoms with Crippen molar-refractivity contribution in [3.05, 3.63) is 12.7 Å². The molecule has 0 heterocycles. The molecule has 0 radical (unpaired) electrons. The van der Waals surface area contributed by atoms with E-state index in [0.717, 1.165) is 5.92 Å². The first-order valence-corrected chi connectivity index (χ1v) is 3.92. The van der Waals surface area contributed by atoms with Crippen molar-refractivity contribution in [2.45, 2.75) is 39.5 Å². The Morgan fingerprint density at radius 1 is 1.50 bits per heavy atom. The highest BCUT2D eigenvalue weighted by Crippen LogP contribution is 2.10. The van der Waals surface area contributed by atoms with Gasteiger partial charge in [-0.05, 0) is 18.8 Å². The Morgan fingerprint density at radius 2 is 2.10 bits per heavy atom. The first kappa shape index (κ1) is 12.4. The molecule has 1 atom stereocenters. The molecule has 1 nitrogen and oxygen atoms in total. The van der Waals surface area contributed by atoms with Crippen LogP contribution in [0.4, 0.5) is 0 Å². The largest absolute Gasteiger partial charge is 0.344 e. The van der Waals surface area contributed by atoms with Crippen LogP contribution in [0.1, 0.15) is 39.5 Å². The van der Waals surface area contributed by atoms with Gasteiger partial charge in [0, 0.05) is 0 Å². The molecule has 62 valence electrons. The van der Waals surface area contributed by atoms with Gasteiger partial charge in [-0.3, -0.25) is 0 Å². The minimum atomic E-state index is 0. The number of hydrogen-bond donors (Lipinski definition) is 1. The Bertz CT molecular complexity index is 69.1. The van der Waals surface area contributed by atoms with Crippen LogP contribution in [0, 0.1) is 5.92 Å². The van der Waals surface area contributed by atoms with Crippen LogP contribution in [-0.4, -0.2) is 0 Å². The summed E-state index contributed by atoms with van der Waals surface area (Å²) in [5, 5.41) is 0. The number of hydrogen-bond acceptors (Lipinski definition) is 1. The van der Waals surface area contributed by atoms with Gasteiger partial charge in [-0.15, -0.1) is 6.58 Å². The van der Waals surface area contributed by atoms with Crippen LogP contribution in [0.15, 0.2) is 12.7 Å². The quantitative estimate of drug-likeness (QED) is 0.463. The van der Waals surface area contributed by atoms with Crippen molar-refractivity contribution in [3.63, 3.8) is 0 Å². The summed E-state index contributed by atoms with van der Waals surface area (Å²) in [4.78, 5) is 0. The fourth-order valence-corrected chi connectivity index (χ4v) is 0.815. The zero-order valence-corrected chi connectivity index (χ0v) is 7.40. The van der Waals surface area contributed by atoms with E-state index in [1.165, 1.54) is 25.7 Å². The van der Waals surface area contributed by atoms with Gasteiger partial charge in [-0.25, -0.2) is 0 Å². The summed E-state index contributed by atoms with van der Waals surface area (Å²) in [5.41, 5.74) is 0. The minimum absolute atomic E-state index is 0. The minimum Gasteiger partial charge on any atom is -0.344 e. The zero-order chi connectivity index (χ0) is 7.11. The summed E-state index contributed by atoms with van der Waals surface area (Å²) >= 11 is 0. The van der Waals surface area contributed by atoms with E-state index in [4.69, 9.17) is 0 Å². The highest BCUT2D eigenvalue weighted by molar-refractivity contribution is 4.66. The average Bonchev–Trinajstić information content (AvgIpc) is 1.89. The lowest BCUT2D eigenvalue weighted by molar-refractivity contribution is 0.498. The highest BCUT2D eigenvalue weighted by Gasteiger charge is 1.95. The second-order valence-corrected chi connectivity index (χ2v) is 2.73. The maximum absolute atomic E-state index is 3.68. The van der Waals surface area contributed by atoms with Gasteiger partial charge in [-0.1, -0.05) is 32.8 Å². The van der Waals surface area contributed by atoms with Crippen LogP contribution in [0.25, 0.3) is 0 Å². The fourth-order valence-electron chi connectivity index (χ4n) is 0.815. The Labute approximate surface area is 65.1 Å². The van der Waals surface area contributed by atoms with Crippen LogP contribution in [0.5, 0.6) is 0 Å². The molecule has 0 aromatic carbocycles. The van der Waals surface area contributed by atoms with E-state index in [9.17, 15) is 0 Å². The molecule has 0 saturated heterocycles. The van der Waals surface area contributed by atoms with Crippen LogP contribution in [0.3, 0.4) is 0 Å². The van der Waals surface area contributed by atoms with E-state index < -0.39 is 0 Å². The van der Waals surface area contributed by atoms with Gasteiger partial charge in [0.1, 0.15) is 0 Å². The third-order valence-corrected chi connectivity index (χ3v) is 1.80. The van der Waals surface area contributed by atoms with Crippen molar-refractivity contribution in [3.8, 4) is 0 Å². The third-order valence-electron chi connectivity index (χ3n) is 1.80. The molecule has 0 rings (SSSR count). The van der Waals surface area contributed by atoms with E-state index in [2.05, 4.69) is 20.4 Å². The normalized spacial score (nSPS) is 11.8. The summed E-state index contributed by atoms with van der Waals surface area (Å²) in [5.74, 6) is 0.907. The van der Waals surface area contributed by atoms with Crippen molar-refractivity contribution in [1.29, 1.82) is 0 Å². The van der Waals surface area contributed by atoms with E-state index in [1.807, 2.05) is 6.08 Å². The third kappa shape index (κ3) is 7.70. The van der Waals surface area contributed by atoms with Gasteiger partial charge in [-0.2, -0.15) is 0 Å². The number of allylic oxidation sites excluding steroid dienone is 1. The molecule has 0 aliphatic carbocycles. The Hall–Kier alpha value is -0.300. The van der Waals surface area contributed by atoms with E-state index in [0.29, 0.717) is 0 Å². The molecule has 0 aliphatic rings. The zero-order valence-electron chi connectivity index (χ0n) is 7.40. The van der Waals surface area contributed by atoms with Crippen molar-refractivity contribution in [1.82, 2.24) is 6.15 Å². The highest BCUT2D eigenvalue weighted by atomic mass is 14.0. The summed E-state index contributed by atoms with van der Waals surface area (Å²) in [6, 6.07) is 0. The molecule has 0 amide bonds. The number of rotatable bonds is 5. The molecule has 0 aliphatic heterocycles. The maximum Gasteiger partial charge on any atom is -0.0353 e. The van der Waals surface area contributed by atoms with Crippen LogP contribution in [-0.2, 0) is 0 Å². The average molecular weight is 143 g/mol. The van der Waals surface area contributed by atoms with Crippen molar-refractivity contribution in [2.24, 2.45) is 5.92 Å². The predicted molar refractivity (Wildman–Crippen MR) is 48.5 cm³/mol. The molecule has 0 bridgehead atoms. The van der Waals surface area contributed by atoms with E-state index in [-0.39, 0.29) is 6.15 Å². The number of unbranched alkanes of at least 4 members (excludes halogenated alkanes) is 1. The Kier molecular flexibility index (Phi) is 10.8. The predicted octanol–water partition coefficient (Wildman–Crippen LogP) is 3.55. The molecule has 3 N–H and O–H groups in total. The smallest absolute Gasteiger partial charge is 0.0353 e. The standard InChI is InChI=1S/C9H18.H3N/c1-4-6-7-8-9(3)5-2;/h4,9H,1,5-8H2,2-3H3;1H3. The van der Waals surface area contributed by atoms with Crippen molar-refractivity contribution >= 4 is 0 Å². The molecule has 0 spiro atoms. The van der Waals surface area contributed by atoms with Gasteiger partial charge >= 0.3 is 0 Å². The van der Waals surface area contributed by atoms with Crippen LogP contribution >= 0.6 is 0 Å². The maximum atomic E-state index is 3.68. The summed E-state index contributed by atoms with van der Waals surface area (Å²) in [6.07, 6.45) is 7.19. The molecule has 0 aromatic rings. The van der Waals surface area contributed by atoms with Gasteiger partial charge in [0.25, 0.3) is 0 Å². The lowest BCUT2D eigenvalue weighted by Crippen LogP contribution is -1.90. The topological polar surface area (TPSA) is 35.0 Å². The summed E-state index contributed by atoms with van der Waals surface area (Å²) in [6.45, 7) is 8.24. The Morgan fingerprint density at radius 3 is 2.50 bits per heavy atom. The lowest BCUT2D eigenvalue weighted by Gasteiger charge is -2.04. The molecular weight excluding hydrogens is 122 g/mol. The second kappa shape index (κ2) is 8.70. The van der Waals surface area contributed by atoms with Gasteiger partial charge in [0.2, 0.25) is 0 Å². The van der Waals surface area contributed by atoms with Crippen LogP contribution < -0.4 is 6.15 Å². The van der Waals surface area contributed by atoms with Crippen molar-refractivity contribution < 1.29 is 0 Å². The van der Waals surface area contributed by atoms with E-state index in [1.54, 1.807) is 0 Å². The van der Waals surface area contributed by atoms with Gasteiger partial charge < -0.3 is 6.15 Å². The van der Waals surface area contributed by atoms with Crippen molar-refractivity contribution in [2.75, 3.05) is 0 Å². The molecule has 0 aromatic heterocycles. The first-order valence-electron chi connectivity index (χ1n) is 3.92. The molecule has 0 fully saturated rings. The fraction of sp³-hybridized carbons (Fsp3) is 0.778. The summed E-state index contributed by atoms with van der Waals surface area (Å²) < 4.78 is 0. The monoisotopic (exact) mass is 143 g/mol. The molecule has 10 heavy (non-hydrogen) atoms. The lowest BCUT2D eigenvalue weighted by atomic mass is 10.0. The van der Waals surface area contributed by atoms with Gasteiger partial charge in [0.05, 0.1) is 0 Å². The van der Waals surface area contributed by atoms with E-state index >= 15 is 0 Å². The second-order valence-electron chi connectivity index (χ2n) is 2.73.